The fourth-order valence-electron chi connectivity index (χ4n) is 2.41. The summed E-state index contributed by atoms with van der Waals surface area (Å²) in [5.41, 5.74) is 1.37. The van der Waals surface area contributed by atoms with Gasteiger partial charge in [0.2, 0.25) is 21.7 Å². The van der Waals surface area contributed by atoms with E-state index in [1.54, 1.807) is 31.3 Å². The van der Waals surface area contributed by atoms with Crippen molar-refractivity contribution >= 4 is 75.8 Å². The maximum absolute atomic E-state index is 8.92. The molecule has 4 aromatic rings. The summed E-state index contributed by atoms with van der Waals surface area (Å²) in [6.45, 7) is 0. The van der Waals surface area contributed by atoms with Crippen LogP contribution < -0.4 is 0 Å². The fraction of sp³-hybridized carbons (Fsp3) is 0.0667. The molecule has 0 amide bonds. The average Bonchev–Trinajstić information content (AvgIpc) is 3.39. The van der Waals surface area contributed by atoms with E-state index >= 15 is 0 Å². The second-order valence-electron chi connectivity index (χ2n) is 5.10. The molecule has 0 radical (unpaired) electrons. The fourth-order valence-corrected chi connectivity index (χ4v) is 4.43. The Hall–Kier alpha value is -4.30. The van der Waals surface area contributed by atoms with Crippen molar-refractivity contribution in [3.63, 3.8) is 0 Å². The lowest BCUT2D eigenvalue weighted by Gasteiger charge is -1.90. The molecular weight excluding hydrogens is 398 g/mol. The average molecular weight is 401 g/mol. The van der Waals surface area contributed by atoms with E-state index in [0.717, 1.165) is 0 Å². The van der Waals surface area contributed by atoms with E-state index in [1.165, 1.54) is 27.5 Å². The van der Waals surface area contributed by atoms with Gasteiger partial charge in [-0.1, -0.05) is 22.7 Å². The normalized spacial score (nSPS) is 10.2. The predicted molar refractivity (Wildman–Crippen MR) is 102 cm³/mol. The van der Waals surface area contributed by atoms with Crippen LogP contribution in [0.3, 0.4) is 0 Å². The number of benzene rings is 1. The highest BCUT2D eigenvalue weighted by Crippen LogP contribution is 2.43. The van der Waals surface area contributed by atoms with Crippen molar-refractivity contribution in [3.8, 4) is 24.3 Å². The molecule has 0 saturated carbocycles. The third-order valence-electron chi connectivity index (χ3n) is 3.44. The molecular formula is C15H3N11S2. The molecule has 4 rings (SSSR count). The van der Waals surface area contributed by atoms with Gasteiger partial charge in [0.15, 0.2) is 0 Å². The van der Waals surface area contributed by atoms with Crippen LogP contribution in [-0.4, -0.2) is 36.4 Å². The number of fused-ring (bicyclic) bond motifs is 6. The molecule has 0 fully saturated rings. The van der Waals surface area contributed by atoms with E-state index in [2.05, 4.69) is 30.2 Å². The number of aliphatic imine (C=N–C) groups is 2. The van der Waals surface area contributed by atoms with Crippen molar-refractivity contribution in [2.45, 2.75) is 0 Å². The van der Waals surface area contributed by atoms with Crippen molar-refractivity contribution in [3.05, 3.63) is 0 Å². The minimum Gasteiger partial charge on any atom is -0.216 e. The number of nitrogens with zero attached hydrogens (tertiary/aromatic N) is 11. The molecule has 0 aliphatic rings. The van der Waals surface area contributed by atoms with Crippen LogP contribution in [0.15, 0.2) is 9.98 Å². The van der Waals surface area contributed by atoms with Gasteiger partial charge in [0.1, 0.15) is 46.3 Å². The number of thiazole rings is 2. The summed E-state index contributed by atoms with van der Waals surface area (Å²) in [6, 6.07) is 6.79. The molecule has 11 nitrogen and oxygen atoms in total. The van der Waals surface area contributed by atoms with E-state index in [-0.39, 0.29) is 21.7 Å². The summed E-state index contributed by atoms with van der Waals surface area (Å²) in [5.74, 6) is 0. The van der Waals surface area contributed by atoms with Gasteiger partial charge in [-0.05, 0) is 0 Å². The Morgan fingerprint density at radius 1 is 0.750 bits per heavy atom. The molecule has 0 aliphatic heterocycles. The number of hydrogen-bond donors (Lipinski definition) is 0. The van der Waals surface area contributed by atoms with Crippen molar-refractivity contribution in [1.82, 2.24) is 25.0 Å². The number of nitriles is 4. The monoisotopic (exact) mass is 401 g/mol. The second-order valence-corrected chi connectivity index (χ2v) is 7.06. The molecule has 0 bridgehead atoms. The molecule has 0 aliphatic carbocycles. The van der Waals surface area contributed by atoms with Crippen molar-refractivity contribution in [2.75, 3.05) is 0 Å². The quantitative estimate of drug-likeness (QED) is 0.460. The number of aryl methyl sites for hydroxylation is 1. The largest absolute Gasteiger partial charge is 0.220 e. The predicted octanol–water partition coefficient (Wildman–Crippen LogP) is 2.43. The van der Waals surface area contributed by atoms with Gasteiger partial charge in [-0.2, -0.15) is 46.0 Å². The van der Waals surface area contributed by atoms with E-state index in [0.29, 0.717) is 31.5 Å². The SMILES string of the molecule is Cn1nc2c(n1)c1nc(N=C(C#N)C#N)sc1c1sc(N=C(C#N)C#N)nc21. The lowest BCUT2D eigenvalue weighted by atomic mass is 10.2. The lowest BCUT2D eigenvalue weighted by molar-refractivity contribution is 0.666. The first-order chi connectivity index (χ1) is 13.6. The molecule has 0 unspecified atom stereocenters. The maximum atomic E-state index is 8.92. The molecule has 1 aromatic carbocycles. The van der Waals surface area contributed by atoms with Gasteiger partial charge < -0.3 is 0 Å². The molecule has 13 heteroatoms. The third-order valence-corrected chi connectivity index (χ3v) is 5.50. The summed E-state index contributed by atoms with van der Waals surface area (Å²) >= 11 is 2.34. The van der Waals surface area contributed by atoms with Gasteiger partial charge in [0.25, 0.3) is 0 Å². The molecule has 0 N–H and O–H groups in total. The zero-order valence-corrected chi connectivity index (χ0v) is 15.4. The Morgan fingerprint density at radius 2 is 1.14 bits per heavy atom. The van der Waals surface area contributed by atoms with Crippen LogP contribution in [0.25, 0.3) is 31.5 Å². The molecule has 0 atom stereocenters. The molecule has 3 aromatic heterocycles. The summed E-state index contributed by atoms with van der Waals surface area (Å²) in [7, 11) is 1.65. The van der Waals surface area contributed by atoms with Crippen LogP contribution >= 0.6 is 22.7 Å². The Labute approximate surface area is 163 Å². The third kappa shape index (κ3) is 2.61. The van der Waals surface area contributed by atoms with Gasteiger partial charge in [0.05, 0.1) is 9.40 Å². The Morgan fingerprint density at radius 3 is 1.50 bits per heavy atom. The van der Waals surface area contributed by atoms with Crippen LogP contribution in [-0.2, 0) is 7.05 Å². The van der Waals surface area contributed by atoms with Crippen molar-refractivity contribution in [1.29, 1.82) is 21.0 Å². The Bertz CT molecular complexity index is 1370. The van der Waals surface area contributed by atoms with Gasteiger partial charge in [-0.15, -0.1) is 0 Å². The first-order valence-corrected chi connectivity index (χ1v) is 8.93. The summed E-state index contributed by atoms with van der Waals surface area (Å²) in [4.78, 5) is 18.1. The molecule has 3 heterocycles. The standard InChI is InChI=1S/C15H3N11S2/c1-26-24-8-9(25-26)11-13(28-15(23-11)21-7(4-18)5-19)12-10(8)22-14(27-12)20-6(2-16)3-17/h1H3. The first-order valence-electron chi connectivity index (χ1n) is 7.29. The van der Waals surface area contributed by atoms with Crippen LogP contribution in [0.2, 0.25) is 0 Å². The smallest absolute Gasteiger partial charge is 0.216 e. The van der Waals surface area contributed by atoms with Gasteiger partial charge in [-0.3, -0.25) is 0 Å². The first kappa shape index (κ1) is 17.1. The van der Waals surface area contributed by atoms with E-state index in [1.807, 2.05) is 0 Å². The van der Waals surface area contributed by atoms with Crippen molar-refractivity contribution in [2.24, 2.45) is 17.0 Å². The zero-order valence-electron chi connectivity index (χ0n) is 13.7. The number of aromatic nitrogens is 5. The molecule has 0 saturated heterocycles. The van der Waals surface area contributed by atoms with Crippen LogP contribution in [0.4, 0.5) is 10.3 Å². The zero-order chi connectivity index (χ0) is 19.8. The van der Waals surface area contributed by atoms with Gasteiger partial charge in [-0.25, -0.2) is 9.97 Å². The second kappa shape index (κ2) is 6.45. The minimum absolute atomic E-state index is 0.223. The van der Waals surface area contributed by atoms with Crippen molar-refractivity contribution < 1.29 is 0 Å². The number of rotatable bonds is 2. The highest BCUT2D eigenvalue weighted by atomic mass is 32.1. The van der Waals surface area contributed by atoms with Crippen LogP contribution in [0.5, 0.6) is 0 Å². The van der Waals surface area contributed by atoms with Crippen LogP contribution in [0.1, 0.15) is 0 Å². The topological polar surface area (TPSA) is 176 Å². The molecule has 0 spiro atoms. The van der Waals surface area contributed by atoms with E-state index in [9.17, 15) is 0 Å². The highest BCUT2D eigenvalue weighted by Gasteiger charge is 2.21. The summed E-state index contributed by atoms with van der Waals surface area (Å²) < 4.78 is 1.37. The minimum atomic E-state index is -0.312. The van der Waals surface area contributed by atoms with E-state index < -0.39 is 0 Å². The van der Waals surface area contributed by atoms with Crippen LogP contribution in [0, 0.1) is 45.3 Å². The number of hydrogen-bond acceptors (Lipinski definition) is 12. The lowest BCUT2D eigenvalue weighted by Crippen LogP contribution is -1.90. The summed E-state index contributed by atoms with van der Waals surface area (Å²) in [6.07, 6.45) is 0. The molecule has 130 valence electrons. The van der Waals surface area contributed by atoms with Gasteiger partial charge >= 0.3 is 0 Å². The van der Waals surface area contributed by atoms with Gasteiger partial charge in [0, 0.05) is 7.05 Å². The molecule has 28 heavy (non-hydrogen) atoms. The van der Waals surface area contributed by atoms with E-state index in [4.69, 9.17) is 21.0 Å². The highest BCUT2D eigenvalue weighted by molar-refractivity contribution is 7.30. The maximum Gasteiger partial charge on any atom is 0.220 e. The Balaban J connectivity index is 2.10. The Kier molecular flexibility index (Phi) is 3.95. The summed E-state index contributed by atoms with van der Waals surface area (Å²) in [5, 5.41) is 44.8.